The van der Waals surface area contributed by atoms with Crippen LogP contribution in [0.2, 0.25) is 0 Å². The number of aliphatic hydroxyl groups is 1. The van der Waals surface area contributed by atoms with Crippen molar-refractivity contribution in [3.05, 3.63) is 65.2 Å². The highest BCUT2D eigenvalue weighted by Gasteiger charge is 2.31. The van der Waals surface area contributed by atoms with Gasteiger partial charge in [0.1, 0.15) is 0 Å². The monoisotopic (exact) mass is 387 g/mol. The highest BCUT2D eigenvalue weighted by Crippen LogP contribution is 2.30. The van der Waals surface area contributed by atoms with Gasteiger partial charge in [-0.1, -0.05) is 30.3 Å². The third-order valence-corrected chi connectivity index (χ3v) is 5.28. The van der Waals surface area contributed by atoms with Gasteiger partial charge >= 0.3 is 6.18 Å². The number of aryl methyl sites for hydroxylation is 1. The molecular weight excluding hydrogens is 367 g/mol. The molecule has 2 rings (SSSR count). The van der Waals surface area contributed by atoms with Crippen LogP contribution in [0.3, 0.4) is 0 Å². The second-order valence-corrected chi connectivity index (χ2v) is 7.58. The van der Waals surface area contributed by atoms with Gasteiger partial charge in [-0.3, -0.25) is 0 Å². The highest BCUT2D eigenvalue weighted by molar-refractivity contribution is 7.89. The lowest BCUT2D eigenvalue weighted by Gasteiger charge is -2.10. The average molecular weight is 387 g/mol. The van der Waals surface area contributed by atoms with Crippen molar-refractivity contribution < 1.29 is 26.7 Å². The summed E-state index contributed by atoms with van der Waals surface area (Å²) in [6.07, 6.45) is -2.74. The molecule has 2 aromatic carbocycles. The van der Waals surface area contributed by atoms with E-state index in [0.717, 1.165) is 35.7 Å². The Labute approximate surface area is 150 Å². The van der Waals surface area contributed by atoms with Gasteiger partial charge in [0.15, 0.2) is 0 Å². The molecule has 142 valence electrons. The normalized spacial score (nSPS) is 12.3. The van der Waals surface area contributed by atoms with Crippen LogP contribution in [0.4, 0.5) is 13.2 Å². The van der Waals surface area contributed by atoms with Crippen molar-refractivity contribution in [3.8, 4) is 0 Å². The molecule has 0 aliphatic rings. The number of benzene rings is 2. The largest absolute Gasteiger partial charge is 0.416 e. The Morgan fingerprint density at radius 2 is 1.58 bits per heavy atom. The lowest BCUT2D eigenvalue weighted by Crippen LogP contribution is -2.26. The van der Waals surface area contributed by atoms with Crippen LogP contribution in [0.5, 0.6) is 0 Å². The molecule has 0 heterocycles. The van der Waals surface area contributed by atoms with E-state index in [9.17, 15) is 21.6 Å². The van der Waals surface area contributed by atoms with E-state index in [1.165, 1.54) is 0 Å². The van der Waals surface area contributed by atoms with Crippen LogP contribution < -0.4 is 4.72 Å². The van der Waals surface area contributed by atoms with E-state index in [2.05, 4.69) is 4.72 Å². The number of alkyl halides is 3. The minimum Gasteiger partial charge on any atom is -0.396 e. The summed E-state index contributed by atoms with van der Waals surface area (Å²) < 4.78 is 64.8. The predicted octanol–water partition coefficient (Wildman–Crippen LogP) is 3.15. The van der Waals surface area contributed by atoms with Crippen molar-refractivity contribution in [1.29, 1.82) is 0 Å². The first-order valence-corrected chi connectivity index (χ1v) is 9.56. The van der Waals surface area contributed by atoms with Crippen molar-refractivity contribution in [3.63, 3.8) is 0 Å². The fourth-order valence-electron chi connectivity index (χ4n) is 2.41. The van der Waals surface area contributed by atoms with E-state index in [1.807, 2.05) is 24.3 Å². The summed E-state index contributed by atoms with van der Waals surface area (Å²) in [5.41, 5.74) is 0.982. The Balaban J connectivity index is 1.96. The second kappa shape index (κ2) is 8.66. The van der Waals surface area contributed by atoms with Crippen LogP contribution in [-0.2, 0) is 29.0 Å². The number of rotatable bonds is 8. The Kier molecular flexibility index (Phi) is 6.80. The third kappa shape index (κ3) is 5.82. The zero-order valence-electron chi connectivity index (χ0n) is 14.0. The molecule has 0 saturated heterocycles. The molecular formula is C18H20F3NO3S. The molecule has 0 saturated carbocycles. The van der Waals surface area contributed by atoms with Crippen LogP contribution in [0, 0.1) is 0 Å². The van der Waals surface area contributed by atoms with Crippen molar-refractivity contribution >= 4 is 10.0 Å². The lowest BCUT2D eigenvalue weighted by atomic mass is 10.1. The Bertz CT molecular complexity index is 818. The first-order chi connectivity index (χ1) is 12.2. The maximum absolute atomic E-state index is 12.7. The number of sulfonamides is 1. The van der Waals surface area contributed by atoms with Crippen LogP contribution in [-0.4, -0.2) is 26.7 Å². The van der Waals surface area contributed by atoms with E-state index in [-0.39, 0.29) is 13.2 Å². The van der Waals surface area contributed by atoms with Crippen LogP contribution >= 0.6 is 0 Å². The maximum atomic E-state index is 12.7. The number of hydrogen-bond donors (Lipinski definition) is 2. The number of hydrogen-bond acceptors (Lipinski definition) is 3. The number of aliphatic hydroxyl groups excluding tert-OH is 1. The molecule has 0 amide bonds. The molecule has 0 unspecified atom stereocenters. The van der Waals surface area contributed by atoms with Crippen molar-refractivity contribution in [1.82, 2.24) is 4.72 Å². The van der Waals surface area contributed by atoms with Gasteiger partial charge < -0.3 is 5.11 Å². The van der Waals surface area contributed by atoms with Gasteiger partial charge in [-0.05, 0) is 48.6 Å². The summed E-state index contributed by atoms with van der Waals surface area (Å²) in [7, 11) is -4.01. The summed E-state index contributed by atoms with van der Waals surface area (Å²) in [6, 6.07) is 11.2. The van der Waals surface area contributed by atoms with Crippen molar-refractivity contribution in [2.75, 3.05) is 13.2 Å². The van der Waals surface area contributed by atoms with Crippen LogP contribution in [0.15, 0.2) is 53.4 Å². The van der Waals surface area contributed by atoms with E-state index in [4.69, 9.17) is 5.11 Å². The quantitative estimate of drug-likeness (QED) is 0.731. The number of halogens is 3. The SMILES string of the molecule is O=S(=O)(NCCc1ccc(CCCO)cc1)c1cccc(C(F)(F)F)c1. The van der Waals surface area contributed by atoms with E-state index in [0.29, 0.717) is 18.9 Å². The molecule has 0 spiro atoms. The van der Waals surface area contributed by atoms with Crippen molar-refractivity contribution in [2.45, 2.75) is 30.3 Å². The zero-order valence-corrected chi connectivity index (χ0v) is 14.8. The van der Waals surface area contributed by atoms with Gasteiger partial charge in [-0.25, -0.2) is 13.1 Å². The fourth-order valence-corrected chi connectivity index (χ4v) is 3.49. The molecule has 0 aromatic heterocycles. The lowest BCUT2D eigenvalue weighted by molar-refractivity contribution is -0.137. The minimum atomic E-state index is -4.59. The van der Waals surface area contributed by atoms with Gasteiger partial charge in [0.05, 0.1) is 10.5 Å². The van der Waals surface area contributed by atoms with Crippen LogP contribution in [0.25, 0.3) is 0 Å². The standard InChI is InChI=1S/C18H20F3NO3S/c19-18(20,21)16-4-1-5-17(13-16)26(24,25)22-11-10-15-8-6-14(7-9-15)3-2-12-23/h1,4-9,13,22-23H,2-3,10-12H2. The van der Waals surface area contributed by atoms with Crippen LogP contribution in [0.1, 0.15) is 23.1 Å². The Morgan fingerprint density at radius 3 is 2.15 bits per heavy atom. The van der Waals surface area contributed by atoms with Gasteiger partial charge in [-0.2, -0.15) is 13.2 Å². The Morgan fingerprint density at radius 1 is 0.962 bits per heavy atom. The minimum absolute atomic E-state index is 0.0779. The van der Waals surface area contributed by atoms with Gasteiger partial charge in [-0.15, -0.1) is 0 Å². The molecule has 4 nitrogen and oxygen atoms in total. The first kappa shape index (κ1) is 20.4. The maximum Gasteiger partial charge on any atom is 0.416 e. The average Bonchev–Trinajstić information content (AvgIpc) is 2.60. The summed E-state index contributed by atoms with van der Waals surface area (Å²) in [5, 5.41) is 8.80. The van der Waals surface area contributed by atoms with Gasteiger partial charge in [0.2, 0.25) is 10.0 Å². The van der Waals surface area contributed by atoms with E-state index >= 15 is 0 Å². The highest BCUT2D eigenvalue weighted by atomic mass is 32.2. The topological polar surface area (TPSA) is 66.4 Å². The zero-order chi connectivity index (χ0) is 19.2. The van der Waals surface area contributed by atoms with Crippen molar-refractivity contribution in [2.24, 2.45) is 0 Å². The summed E-state index contributed by atoms with van der Waals surface area (Å²) in [5.74, 6) is 0. The molecule has 2 aromatic rings. The summed E-state index contributed by atoms with van der Waals surface area (Å²) in [4.78, 5) is -0.410. The predicted molar refractivity (Wildman–Crippen MR) is 92.2 cm³/mol. The first-order valence-electron chi connectivity index (χ1n) is 8.08. The molecule has 0 aliphatic carbocycles. The summed E-state index contributed by atoms with van der Waals surface area (Å²) >= 11 is 0. The smallest absolute Gasteiger partial charge is 0.396 e. The molecule has 26 heavy (non-hydrogen) atoms. The third-order valence-electron chi connectivity index (χ3n) is 3.82. The summed E-state index contributed by atoms with van der Waals surface area (Å²) in [6.45, 7) is 0.202. The second-order valence-electron chi connectivity index (χ2n) is 5.82. The number of nitrogens with one attached hydrogen (secondary N) is 1. The van der Waals surface area contributed by atoms with E-state index in [1.54, 1.807) is 0 Å². The molecule has 8 heteroatoms. The molecule has 0 atom stereocenters. The van der Waals surface area contributed by atoms with E-state index < -0.39 is 26.7 Å². The molecule has 0 bridgehead atoms. The molecule has 2 N–H and O–H groups in total. The van der Waals surface area contributed by atoms with Gasteiger partial charge in [0.25, 0.3) is 0 Å². The van der Waals surface area contributed by atoms with Gasteiger partial charge in [0, 0.05) is 13.2 Å². The molecule has 0 radical (unpaired) electrons. The molecule has 0 aliphatic heterocycles. The molecule has 0 fully saturated rings. The Hall–Kier alpha value is -1.90. The fraction of sp³-hybridized carbons (Fsp3) is 0.333.